The summed E-state index contributed by atoms with van der Waals surface area (Å²) in [5, 5.41) is 12.6. The number of hydrogen-bond donors (Lipinski definition) is 1. The van der Waals surface area contributed by atoms with E-state index < -0.39 is 5.91 Å². The van der Waals surface area contributed by atoms with Crippen molar-refractivity contribution in [2.24, 2.45) is 0 Å². The molecular formula is C15H9Cl2N3O. The van der Waals surface area contributed by atoms with E-state index in [0.717, 1.165) is 0 Å². The number of pyridine rings is 1. The van der Waals surface area contributed by atoms with Gasteiger partial charge in [-0.25, -0.2) is 0 Å². The Labute approximate surface area is 131 Å². The van der Waals surface area contributed by atoms with Gasteiger partial charge >= 0.3 is 0 Å². The third-order valence-corrected chi connectivity index (χ3v) is 3.13. The summed E-state index contributed by atoms with van der Waals surface area (Å²) < 4.78 is 0. The quantitative estimate of drug-likeness (QED) is 0.689. The van der Waals surface area contributed by atoms with Crippen LogP contribution in [-0.4, -0.2) is 10.9 Å². The fourth-order valence-corrected chi connectivity index (χ4v) is 2.02. The summed E-state index contributed by atoms with van der Waals surface area (Å²) in [6.07, 6.45) is 4.50. The van der Waals surface area contributed by atoms with Gasteiger partial charge in [-0.2, -0.15) is 5.26 Å². The number of carbonyl (C=O) groups is 1. The number of halogens is 2. The molecule has 1 aromatic carbocycles. The molecule has 1 N–H and O–H groups in total. The number of hydrogen-bond acceptors (Lipinski definition) is 3. The van der Waals surface area contributed by atoms with Crippen molar-refractivity contribution in [1.29, 1.82) is 5.26 Å². The largest absolute Gasteiger partial charge is 0.321 e. The van der Waals surface area contributed by atoms with E-state index in [9.17, 15) is 4.79 Å². The van der Waals surface area contributed by atoms with Crippen molar-refractivity contribution in [3.05, 3.63) is 63.9 Å². The maximum absolute atomic E-state index is 12.0. The van der Waals surface area contributed by atoms with Gasteiger partial charge in [0.15, 0.2) is 0 Å². The molecular weight excluding hydrogens is 309 g/mol. The molecule has 2 rings (SSSR count). The molecule has 0 fully saturated rings. The van der Waals surface area contributed by atoms with Crippen molar-refractivity contribution >= 4 is 40.9 Å². The molecule has 4 nitrogen and oxygen atoms in total. The van der Waals surface area contributed by atoms with Crippen molar-refractivity contribution in [3.63, 3.8) is 0 Å². The molecule has 1 heterocycles. The van der Waals surface area contributed by atoms with E-state index >= 15 is 0 Å². The second-order valence-electron chi connectivity index (χ2n) is 4.03. The molecule has 0 radical (unpaired) electrons. The van der Waals surface area contributed by atoms with Crippen LogP contribution in [0.15, 0.2) is 48.3 Å². The van der Waals surface area contributed by atoms with Crippen LogP contribution in [0.25, 0.3) is 6.08 Å². The molecule has 0 aliphatic rings. The smallest absolute Gasteiger partial charge is 0.266 e. The third kappa shape index (κ3) is 4.06. The lowest BCUT2D eigenvalue weighted by Gasteiger charge is -2.04. The van der Waals surface area contributed by atoms with Crippen LogP contribution in [0.1, 0.15) is 5.56 Å². The Hall–Kier alpha value is -2.35. The summed E-state index contributed by atoms with van der Waals surface area (Å²) in [7, 11) is 0. The minimum atomic E-state index is -0.519. The van der Waals surface area contributed by atoms with E-state index in [1.54, 1.807) is 42.7 Å². The standard InChI is InChI=1S/C15H9Cl2N3O/c16-12-2-1-10(14(17)8-12)7-11(9-18)15(21)20-13-3-5-19-6-4-13/h1-8H,(H,19,20,21). The van der Waals surface area contributed by atoms with E-state index in [4.69, 9.17) is 28.5 Å². The Morgan fingerprint density at radius 2 is 1.95 bits per heavy atom. The zero-order chi connectivity index (χ0) is 15.2. The SMILES string of the molecule is N#CC(=Cc1ccc(Cl)cc1Cl)C(=O)Nc1ccncc1. The van der Waals surface area contributed by atoms with Gasteiger partial charge in [0.2, 0.25) is 0 Å². The van der Waals surface area contributed by atoms with Crippen molar-refractivity contribution in [2.45, 2.75) is 0 Å². The second-order valence-corrected chi connectivity index (χ2v) is 4.87. The molecule has 0 atom stereocenters. The number of amides is 1. The number of aromatic nitrogens is 1. The Morgan fingerprint density at radius 3 is 2.57 bits per heavy atom. The molecule has 21 heavy (non-hydrogen) atoms. The van der Waals surface area contributed by atoms with Gasteiger partial charge in [-0.15, -0.1) is 0 Å². The van der Waals surface area contributed by atoms with E-state index in [-0.39, 0.29) is 5.57 Å². The van der Waals surface area contributed by atoms with Gasteiger partial charge in [0.25, 0.3) is 5.91 Å². The minimum absolute atomic E-state index is 0.0592. The Morgan fingerprint density at radius 1 is 1.24 bits per heavy atom. The third-order valence-electron chi connectivity index (χ3n) is 2.57. The first-order valence-electron chi connectivity index (χ1n) is 5.88. The Bertz CT molecular complexity index is 736. The van der Waals surface area contributed by atoms with Crippen LogP contribution >= 0.6 is 23.2 Å². The molecule has 0 saturated carbocycles. The molecule has 1 amide bonds. The van der Waals surface area contributed by atoms with Gasteiger partial charge in [0, 0.05) is 28.1 Å². The molecule has 2 aromatic rings. The molecule has 0 aliphatic heterocycles. The summed E-state index contributed by atoms with van der Waals surface area (Å²) in [6.45, 7) is 0. The van der Waals surface area contributed by atoms with Gasteiger partial charge in [-0.1, -0.05) is 29.3 Å². The topological polar surface area (TPSA) is 65.8 Å². The van der Waals surface area contributed by atoms with Crippen molar-refractivity contribution in [2.75, 3.05) is 5.32 Å². The fraction of sp³-hybridized carbons (Fsp3) is 0. The first-order valence-corrected chi connectivity index (χ1v) is 6.64. The summed E-state index contributed by atoms with van der Waals surface area (Å²) >= 11 is 11.8. The lowest BCUT2D eigenvalue weighted by atomic mass is 10.1. The van der Waals surface area contributed by atoms with Crippen molar-refractivity contribution < 1.29 is 4.79 Å². The molecule has 0 spiro atoms. The monoisotopic (exact) mass is 317 g/mol. The number of benzene rings is 1. The highest BCUT2D eigenvalue weighted by molar-refractivity contribution is 6.35. The molecule has 0 bridgehead atoms. The normalized spacial score (nSPS) is 10.8. The fourth-order valence-electron chi connectivity index (χ4n) is 1.56. The molecule has 6 heteroatoms. The maximum Gasteiger partial charge on any atom is 0.266 e. The number of nitrogens with zero attached hydrogens (tertiary/aromatic N) is 2. The van der Waals surface area contributed by atoms with Crippen LogP contribution < -0.4 is 5.32 Å². The van der Waals surface area contributed by atoms with Gasteiger partial charge in [-0.05, 0) is 35.9 Å². The van der Waals surface area contributed by atoms with E-state index in [1.807, 2.05) is 6.07 Å². The first kappa shape index (κ1) is 15.0. The Balaban J connectivity index is 2.25. The Kier molecular flexibility index (Phi) is 4.94. The highest BCUT2D eigenvalue weighted by Gasteiger charge is 2.10. The predicted molar refractivity (Wildman–Crippen MR) is 82.9 cm³/mol. The van der Waals surface area contributed by atoms with Crippen LogP contribution in [0.3, 0.4) is 0 Å². The van der Waals surface area contributed by atoms with Crippen LogP contribution in [0, 0.1) is 11.3 Å². The van der Waals surface area contributed by atoms with Gasteiger partial charge < -0.3 is 5.32 Å². The predicted octanol–water partition coefficient (Wildman–Crippen LogP) is 3.93. The highest BCUT2D eigenvalue weighted by atomic mass is 35.5. The zero-order valence-electron chi connectivity index (χ0n) is 10.7. The van der Waals surface area contributed by atoms with E-state index in [1.165, 1.54) is 6.08 Å². The molecule has 0 saturated heterocycles. The average molecular weight is 318 g/mol. The number of rotatable bonds is 3. The van der Waals surface area contributed by atoms with E-state index in [0.29, 0.717) is 21.3 Å². The van der Waals surface area contributed by atoms with Crippen molar-refractivity contribution in [1.82, 2.24) is 4.98 Å². The molecule has 0 unspecified atom stereocenters. The number of nitriles is 1. The van der Waals surface area contributed by atoms with Crippen molar-refractivity contribution in [3.8, 4) is 6.07 Å². The van der Waals surface area contributed by atoms with Crippen LogP contribution in [0.4, 0.5) is 5.69 Å². The van der Waals surface area contributed by atoms with Crippen LogP contribution in [0.5, 0.6) is 0 Å². The average Bonchev–Trinajstić information content (AvgIpc) is 2.47. The number of carbonyl (C=O) groups excluding carboxylic acids is 1. The number of anilines is 1. The highest BCUT2D eigenvalue weighted by Crippen LogP contribution is 2.23. The van der Waals surface area contributed by atoms with Crippen LogP contribution in [0.2, 0.25) is 10.0 Å². The van der Waals surface area contributed by atoms with Gasteiger partial charge in [0.05, 0.1) is 0 Å². The molecule has 0 aliphatic carbocycles. The second kappa shape index (κ2) is 6.89. The molecule has 104 valence electrons. The molecule has 1 aromatic heterocycles. The lowest BCUT2D eigenvalue weighted by molar-refractivity contribution is -0.112. The lowest BCUT2D eigenvalue weighted by Crippen LogP contribution is -2.13. The first-order chi connectivity index (χ1) is 10.1. The minimum Gasteiger partial charge on any atom is -0.321 e. The summed E-state index contributed by atoms with van der Waals surface area (Å²) in [5.74, 6) is -0.519. The van der Waals surface area contributed by atoms with E-state index in [2.05, 4.69) is 10.3 Å². The zero-order valence-corrected chi connectivity index (χ0v) is 12.2. The summed E-state index contributed by atoms with van der Waals surface area (Å²) in [6, 6.07) is 9.93. The summed E-state index contributed by atoms with van der Waals surface area (Å²) in [5.41, 5.74) is 1.04. The maximum atomic E-state index is 12.0. The number of nitrogens with one attached hydrogen (secondary N) is 1. The summed E-state index contributed by atoms with van der Waals surface area (Å²) in [4.78, 5) is 15.9. The van der Waals surface area contributed by atoms with Gasteiger partial charge in [-0.3, -0.25) is 9.78 Å². The van der Waals surface area contributed by atoms with Crippen LogP contribution in [-0.2, 0) is 4.79 Å². The van der Waals surface area contributed by atoms with Gasteiger partial charge in [0.1, 0.15) is 11.6 Å².